The van der Waals surface area contributed by atoms with Gasteiger partial charge < -0.3 is 9.16 Å². The fourth-order valence-corrected chi connectivity index (χ4v) is 4.22. The molecular formula is C15H24Br2O2Si. The molecule has 1 aromatic rings. The van der Waals surface area contributed by atoms with Crippen molar-refractivity contribution in [1.29, 1.82) is 0 Å². The highest BCUT2D eigenvalue weighted by atomic mass is 79.9. The third-order valence-electron chi connectivity index (χ3n) is 3.94. The van der Waals surface area contributed by atoms with Crippen LogP contribution >= 0.6 is 31.9 Å². The quantitative estimate of drug-likeness (QED) is 0.432. The molecule has 114 valence electrons. The van der Waals surface area contributed by atoms with Gasteiger partial charge in [-0.2, -0.15) is 0 Å². The summed E-state index contributed by atoms with van der Waals surface area (Å²) in [5.74, 6) is 0.848. The second-order valence-electron chi connectivity index (χ2n) is 6.41. The Labute approximate surface area is 140 Å². The van der Waals surface area contributed by atoms with E-state index in [1.807, 2.05) is 12.1 Å². The Morgan fingerprint density at radius 2 is 1.85 bits per heavy atom. The van der Waals surface area contributed by atoms with Gasteiger partial charge in [-0.25, -0.2) is 0 Å². The summed E-state index contributed by atoms with van der Waals surface area (Å²) in [6.45, 7) is 11.3. The molecular weight excluding hydrogens is 400 g/mol. The molecule has 0 N–H and O–H groups in total. The SMILES string of the molecule is COc1ccc(C(CBr)O[Si](C)(C)C(C)(C)C)c(Br)c1. The molecule has 1 atom stereocenters. The molecule has 1 rings (SSSR count). The van der Waals surface area contributed by atoms with Crippen molar-refractivity contribution in [2.45, 2.75) is 45.0 Å². The van der Waals surface area contributed by atoms with Crippen LogP contribution in [0.5, 0.6) is 5.75 Å². The van der Waals surface area contributed by atoms with E-state index < -0.39 is 8.32 Å². The smallest absolute Gasteiger partial charge is 0.192 e. The van der Waals surface area contributed by atoms with Crippen LogP contribution in [0.4, 0.5) is 0 Å². The molecule has 1 aromatic carbocycles. The molecule has 0 aliphatic heterocycles. The van der Waals surface area contributed by atoms with Gasteiger partial charge in [-0.05, 0) is 35.8 Å². The lowest BCUT2D eigenvalue weighted by molar-refractivity contribution is 0.208. The van der Waals surface area contributed by atoms with Crippen molar-refractivity contribution in [1.82, 2.24) is 0 Å². The molecule has 20 heavy (non-hydrogen) atoms. The van der Waals surface area contributed by atoms with Crippen molar-refractivity contribution in [2.75, 3.05) is 12.4 Å². The molecule has 0 fully saturated rings. The number of ether oxygens (including phenoxy) is 1. The highest BCUT2D eigenvalue weighted by Crippen LogP contribution is 2.41. The summed E-state index contributed by atoms with van der Waals surface area (Å²) in [7, 11) is -0.123. The maximum absolute atomic E-state index is 6.51. The van der Waals surface area contributed by atoms with Gasteiger partial charge >= 0.3 is 0 Å². The Morgan fingerprint density at radius 1 is 1.25 bits per heavy atom. The zero-order valence-corrected chi connectivity index (χ0v) is 17.3. The second kappa shape index (κ2) is 6.94. The molecule has 0 spiro atoms. The Kier molecular flexibility index (Phi) is 6.32. The van der Waals surface area contributed by atoms with Gasteiger partial charge in [0.25, 0.3) is 0 Å². The summed E-state index contributed by atoms with van der Waals surface area (Å²) in [4.78, 5) is 0. The lowest BCUT2D eigenvalue weighted by atomic mass is 10.1. The van der Waals surface area contributed by atoms with Crippen molar-refractivity contribution < 1.29 is 9.16 Å². The minimum Gasteiger partial charge on any atom is -0.497 e. The van der Waals surface area contributed by atoms with Crippen LogP contribution in [0.3, 0.4) is 0 Å². The van der Waals surface area contributed by atoms with Crippen LogP contribution in [-0.2, 0) is 4.43 Å². The summed E-state index contributed by atoms with van der Waals surface area (Å²) in [6.07, 6.45) is 0.0520. The van der Waals surface area contributed by atoms with E-state index in [0.717, 1.165) is 21.1 Å². The molecule has 1 unspecified atom stereocenters. The number of benzene rings is 1. The Morgan fingerprint density at radius 3 is 2.25 bits per heavy atom. The van der Waals surface area contributed by atoms with Crippen LogP contribution in [0.15, 0.2) is 22.7 Å². The standard InChI is InChI=1S/C15H24Br2O2Si/c1-15(2,3)20(5,6)19-14(10-16)12-8-7-11(18-4)9-13(12)17/h7-9,14H,10H2,1-6H3. The maximum Gasteiger partial charge on any atom is 0.192 e. The predicted molar refractivity (Wildman–Crippen MR) is 95.5 cm³/mol. The van der Waals surface area contributed by atoms with Crippen LogP contribution < -0.4 is 4.74 Å². The van der Waals surface area contributed by atoms with Gasteiger partial charge in [-0.15, -0.1) is 0 Å². The number of halogens is 2. The first kappa shape index (κ1) is 18.2. The minimum atomic E-state index is -1.80. The predicted octanol–water partition coefficient (Wildman–Crippen LogP) is 5.92. The highest BCUT2D eigenvalue weighted by molar-refractivity contribution is 9.10. The molecule has 0 aliphatic carbocycles. The average Bonchev–Trinajstić information content (AvgIpc) is 2.34. The van der Waals surface area contributed by atoms with Crippen molar-refractivity contribution in [3.05, 3.63) is 28.2 Å². The van der Waals surface area contributed by atoms with Gasteiger partial charge in [0.05, 0.1) is 13.2 Å². The van der Waals surface area contributed by atoms with E-state index in [-0.39, 0.29) is 11.1 Å². The number of hydrogen-bond donors (Lipinski definition) is 0. The lowest BCUT2D eigenvalue weighted by Crippen LogP contribution is -2.42. The van der Waals surface area contributed by atoms with Crippen molar-refractivity contribution >= 4 is 40.2 Å². The van der Waals surface area contributed by atoms with Crippen LogP contribution in [0.25, 0.3) is 0 Å². The minimum absolute atomic E-state index is 0.0520. The molecule has 0 aliphatic rings. The topological polar surface area (TPSA) is 18.5 Å². The Bertz CT molecular complexity index is 456. The summed E-state index contributed by atoms with van der Waals surface area (Å²) < 4.78 is 12.8. The van der Waals surface area contributed by atoms with Crippen LogP contribution in [0.2, 0.25) is 18.1 Å². The first-order chi connectivity index (χ1) is 9.12. The first-order valence-corrected chi connectivity index (χ1v) is 11.5. The van der Waals surface area contributed by atoms with Crippen molar-refractivity contribution in [3.8, 4) is 5.75 Å². The molecule has 0 radical (unpaired) electrons. The van der Waals surface area contributed by atoms with E-state index in [9.17, 15) is 0 Å². The first-order valence-electron chi connectivity index (χ1n) is 6.69. The molecule has 0 saturated carbocycles. The Hall–Kier alpha value is 0.157. The Balaban J connectivity index is 3.03. The van der Waals surface area contributed by atoms with E-state index >= 15 is 0 Å². The summed E-state index contributed by atoms with van der Waals surface area (Å²) in [5, 5.41) is 0.983. The molecule has 0 aromatic heterocycles. The molecule has 2 nitrogen and oxygen atoms in total. The van der Waals surface area contributed by atoms with Crippen LogP contribution in [-0.4, -0.2) is 20.8 Å². The third-order valence-corrected chi connectivity index (χ3v) is 9.70. The van der Waals surface area contributed by atoms with Gasteiger partial charge in [-0.3, -0.25) is 0 Å². The normalized spacial score (nSPS) is 14.2. The average molecular weight is 424 g/mol. The van der Waals surface area contributed by atoms with E-state index in [1.165, 1.54) is 0 Å². The molecule has 0 heterocycles. The third kappa shape index (κ3) is 4.32. The van der Waals surface area contributed by atoms with E-state index in [2.05, 4.69) is 71.8 Å². The molecule has 5 heteroatoms. The van der Waals surface area contributed by atoms with E-state index in [0.29, 0.717) is 0 Å². The monoisotopic (exact) mass is 422 g/mol. The highest BCUT2D eigenvalue weighted by Gasteiger charge is 2.39. The lowest BCUT2D eigenvalue weighted by Gasteiger charge is -2.39. The van der Waals surface area contributed by atoms with Gasteiger partial charge in [-0.1, -0.05) is 58.7 Å². The van der Waals surface area contributed by atoms with E-state index in [1.54, 1.807) is 7.11 Å². The molecule has 0 saturated heterocycles. The van der Waals surface area contributed by atoms with Crippen molar-refractivity contribution in [2.24, 2.45) is 0 Å². The van der Waals surface area contributed by atoms with E-state index in [4.69, 9.17) is 9.16 Å². The zero-order chi connectivity index (χ0) is 15.6. The molecule has 0 amide bonds. The number of hydrogen-bond acceptors (Lipinski definition) is 2. The summed E-state index contributed by atoms with van der Waals surface area (Å²) >= 11 is 7.21. The van der Waals surface area contributed by atoms with Gasteiger partial charge in [0.15, 0.2) is 8.32 Å². The second-order valence-corrected chi connectivity index (χ2v) is 12.7. The zero-order valence-electron chi connectivity index (χ0n) is 13.1. The molecule has 0 bridgehead atoms. The largest absolute Gasteiger partial charge is 0.497 e. The fraction of sp³-hybridized carbons (Fsp3) is 0.600. The fourth-order valence-electron chi connectivity index (χ4n) is 1.61. The van der Waals surface area contributed by atoms with Crippen molar-refractivity contribution in [3.63, 3.8) is 0 Å². The summed E-state index contributed by atoms with van der Waals surface area (Å²) in [5.41, 5.74) is 1.16. The maximum atomic E-state index is 6.51. The number of alkyl halides is 1. The van der Waals surface area contributed by atoms with Gasteiger partial charge in [0, 0.05) is 9.80 Å². The number of methoxy groups -OCH3 is 1. The number of rotatable bonds is 5. The van der Waals surface area contributed by atoms with Crippen LogP contribution in [0.1, 0.15) is 32.4 Å². The van der Waals surface area contributed by atoms with Crippen LogP contribution in [0, 0.1) is 0 Å². The van der Waals surface area contributed by atoms with Gasteiger partial charge in [0.1, 0.15) is 5.75 Å². The summed E-state index contributed by atoms with van der Waals surface area (Å²) in [6, 6.07) is 6.03. The van der Waals surface area contributed by atoms with Gasteiger partial charge in [0.2, 0.25) is 0 Å².